The normalized spacial score (nSPS) is 13.4. The first-order chi connectivity index (χ1) is 17.7. The summed E-state index contributed by atoms with van der Waals surface area (Å²) in [5.74, 6) is -0.278. The number of nitro benzene ring substituents is 1. The quantitative estimate of drug-likeness (QED) is 0.111. The molecule has 4 rings (SSSR count). The molecule has 0 amide bonds. The van der Waals surface area contributed by atoms with Gasteiger partial charge in [0.1, 0.15) is 24.1 Å². The second-order valence-electron chi connectivity index (χ2n) is 8.31. The van der Waals surface area contributed by atoms with Gasteiger partial charge >= 0.3 is 13.7 Å². The molecule has 190 valence electrons. The van der Waals surface area contributed by atoms with E-state index in [4.69, 9.17) is 13.8 Å². The standard InChI is InChI=1S/C27H25N2O7P/c1-19-17-23(29(31)32)15-16-25(19)35-37(33,36-26-14-8-12-22-11-6-7-13-24(22)26)28-20(2)27(30)34-18-21-9-4-3-5-10-21/h3-17,20H,18H2,1-2H3,(H,28,33)/t20-,37?/m0/s1. The highest BCUT2D eigenvalue weighted by molar-refractivity contribution is 7.52. The minimum atomic E-state index is -4.26. The average Bonchev–Trinajstić information content (AvgIpc) is 2.89. The van der Waals surface area contributed by atoms with Crippen molar-refractivity contribution in [2.75, 3.05) is 0 Å². The van der Waals surface area contributed by atoms with Crippen molar-refractivity contribution < 1.29 is 28.1 Å². The molecule has 0 aliphatic heterocycles. The molecule has 0 radical (unpaired) electrons. The van der Waals surface area contributed by atoms with Crippen LogP contribution < -0.4 is 14.1 Å². The Kier molecular flexibility index (Phi) is 7.86. The number of esters is 1. The van der Waals surface area contributed by atoms with Crippen LogP contribution in [-0.2, 0) is 20.7 Å². The lowest BCUT2D eigenvalue weighted by atomic mass is 10.1. The van der Waals surface area contributed by atoms with Gasteiger partial charge in [0.15, 0.2) is 0 Å². The van der Waals surface area contributed by atoms with Crippen molar-refractivity contribution in [3.8, 4) is 11.5 Å². The summed E-state index contributed by atoms with van der Waals surface area (Å²) in [6, 6.07) is 24.6. The zero-order valence-electron chi connectivity index (χ0n) is 20.2. The molecular weight excluding hydrogens is 495 g/mol. The topological polar surface area (TPSA) is 117 Å². The number of nitrogens with zero attached hydrogens (tertiary/aromatic N) is 1. The highest BCUT2D eigenvalue weighted by Gasteiger charge is 2.35. The van der Waals surface area contributed by atoms with Gasteiger partial charge in [-0.15, -0.1) is 0 Å². The van der Waals surface area contributed by atoms with Crippen LogP contribution in [0.3, 0.4) is 0 Å². The number of hydrogen-bond donors (Lipinski definition) is 1. The lowest BCUT2D eigenvalue weighted by Crippen LogP contribution is -2.35. The lowest BCUT2D eigenvalue weighted by Gasteiger charge is -2.24. The second-order valence-corrected chi connectivity index (χ2v) is 9.93. The van der Waals surface area contributed by atoms with Gasteiger partial charge in [0.05, 0.1) is 4.92 Å². The van der Waals surface area contributed by atoms with Crippen molar-refractivity contribution in [3.05, 3.63) is 112 Å². The van der Waals surface area contributed by atoms with E-state index < -0.39 is 24.7 Å². The summed E-state index contributed by atoms with van der Waals surface area (Å²) in [6.45, 7) is 3.11. The molecule has 0 aliphatic rings. The Bertz CT molecular complexity index is 1470. The molecule has 0 bridgehead atoms. The van der Waals surface area contributed by atoms with Crippen molar-refractivity contribution in [2.45, 2.75) is 26.5 Å². The first-order valence-electron chi connectivity index (χ1n) is 11.4. The van der Waals surface area contributed by atoms with E-state index in [9.17, 15) is 19.5 Å². The van der Waals surface area contributed by atoms with Crippen LogP contribution in [0, 0.1) is 17.0 Å². The number of rotatable bonds is 10. The van der Waals surface area contributed by atoms with Crippen LogP contribution in [-0.4, -0.2) is 16.9 Å². The van der Waals surface area contributed by atoms with Crippen LogP contribution in [0.1, 0.15) is 18.1 Å². The molecule has 0 aliphatic carbocycles. The first kappa shape index (κ1) is 25.9. The van der Waals surface area contributed by atoms with E-state index in [1.54, 1.807) is 19.1 Å². The zero-order chi connectivity index (χ0) is 26.4. The van der Waals surface area contributed by atoms with Gasteiger partial charge in [-0.05, 0) is 42.5 Å². The van der Waals surface area contributed by atoms with Crippen LogP contribution in [0.15, 0.2) is 91.0 Å². The van der Waals surface area contributed by atoms with Crippen molar-refractivity contribution in [1.29, 1.82) is 0 Å². The third kappa shape index (κ3) is 6.52. The van der Waals surface area contributed by atoms with Crippen LogP contribution in [0.2, 0.25) is 0 Å². The minimum Gasteiger partial charge on any atom is -0.460 e. The molecule has 4 aromatic carbocycles. The Morgan fingerprint density at radius 2 is 1.62 bits per heavy atom. The summed E-state index contributed by atoms with van der Waals surface area (Å²) in [7, 11) is -4.26. The van der Waals surface area contributed by atoms with Crippen molar-refractivity contribution in [2.24, 2.45) is 0 Å². The van der Waals surface area contributed by atoms with E-state index >= 15 is 0 Å². The van der Waals surface area contributed by atoms with E-state index in [1.807, 2.05) is 60.7 Å². The summed E-state index contributed by atoms with van der Waals surface area (Å²) in [5, 5.41) is 15.3. The van der Waals surface area contributed by atoms with Crippen LogP contribution in [0.25, 0.3) is 10.8 Å². The van der Waals surface area contributed by atoms with Gasteiger partial charge in [-0.2, -0.15) is 5.09 Å². The molecule has 0 saturated carbocycles. The van der Waals surface area contributed by atoms with Gasteiger partial charge < -0.3 is 13.8 Å². The van der Waals surface area contributed by atoms with Gasteiger partial charge in [-0.25, -0.2) is 4.57 Å². The molecule has 0 spiro atoms. The highest BCUT2D eigenvalue weighted by atomic mass is 31.2. The third-order valence-electron chi connectivity index (χ3n) is 5.49. The van der Waals surface area contributed by atoms with Crippen molar-refractivity contribution >= 4 is 30.2 Å². The molecule has 0 heterocycles. The lowest BCUT2D eigenvalue weighted by molar-refractivity contribution is -0.384. The Labute approximate surface area is 213 Å². The molecule has 9 nitrogen and oxygen atoms in total. The maximum absolute atomic E-state index is 14.1. The number of benzene rings is 4. The molecule has 0 saturated heterocycles. The van der Waals surface area contributed by atoms with Gasteiger partial charge in [0.25, 0.3) is 5.69 Å². The van der Waals surface area contributed by atoms with Gasteiger partial charge in [0, 0.05) is 17.5 Å². The van der Waals surface area contributed by atoms with Crippen LogP contribution in [0.5, 0.6) is 11.5 Å². The molecule has 1 unspecified atom stereocenters. The average molecular weight is 520 g/mol. The van der Waals surface area contributed by atoms with E-state index in [0.29, 0.717) is 10.9 Å². The first-order valence-corrected chi connectivity index (χ1v) is 13.0. The highest BCUT2D eigenvalue weighted by Crippen LogP contribution is 2.48. The van der Waals surface area contributed by atoms with Gasteiger partial charge in [0.2, 0.25) is 0 Å². The van der Waals surface area contributed by atoms with Gasteiger partial charge in [-0.1, -0.05) is 66.7 Å². The monoisotopic (exact) mass is 520 g/mol. The molecule has 37 heavy (non-hydrogen) atoms. The number of nitro groups is 1. The number of carbonyl (C=O) groups excluding carboxylic acids is 1. The second kappa shape index (κ2) is 11.2. The zero-order valence-corrected chi connectivity index (χ0v) is 21.1. The van der Waals surface area contributed by atoms with Crippen molar-refractivity contribution in [1.82, 2.24) is 5.09 Å². The predicted octanol–water partition coefficient (Wildman–Crippen LogP) is 6.34. The summed E-state index contributed by atoms with van der Waals surface area (Å²) in [4.78, 5) is 23.3. The predicted molar refractivity (Wildman–Crippen MR) is 139 cm³/mol. The van der Waals surface area contributed by atoms with E-state index in [1.165, 1.54) is 25.1 Å². The Hall–Kier alpha value is -4.20. The third-order valence-corrected chi connectivity index (χ3v) is 7.06. The van der Waals surface area contributed by atoms with E-state index in [2.05, 4.69) is 5.09 Å². The van der Waals surface area contributed by atoms with E-state index in [-0.39, 0.29) is 23.8 Å². The van der Waals surface area contributed by atoms with Gasteiger partial charge in [-0.3, -0.25) is 14.9 Å². The smallest absolute Gasteiger partial charge is 0.460 e. The SMILES string of the molecule is Cc1cc([N+](=O)[O-])ccc1OP(=O)(N[C@@H](C)C(=O)OCc1ccccc1)Oc1cccc2ccccc12. The van der Waals surface area contributed by atoms with Crippen LogP contribution >= 0.6 is 7.75 Å². The number of nitrogens with one attached hydrogen (secondary N) is 1. The summed E-state index contributed by atoms with van der Waals surface area (Å²) >= 11 is 0. The summed E-state index contributed by atoms with van der Waals surface area (Å²) in [5.41, 5.74) is 1.04. The fourth-order valence-corrected chi connectivity index (χ4v) is 5.20. The maximum Gasteiger partial charge on any atom is 0.513 e. The van der Waals surface area contributed by atoms with E-state index in [0.717, 1.165) is 10.9 Å². The number of aryl methyl sites for hydroxylation is 1. The fourth-order valence-electron chi connectivity index (χ4n) is 3.60. The summed E-state index contributed by atoms with van der Waals surface area (Å²) in [6.07, 6.45) is 0. The van der Waals surface area contributed by atoms with Crippen molar-refractivity contribution in [3.63, 3.8) is 0 Å². The maximum atomic E-state index is 14.1. The minimum absolute atomic E-state index is 0.0441. The molecule has 0 aromatic heterocycles. The number of non-ortho nitro benzene ring substituents is 1. The fraction of sp³-hybridized carbons (Fsp3) is 0.148. The largest absolute Gasteiger partial charge is 0.513 e. The molecule has 0 fully saturated rings. The Morgan fingerprint density at radius 1 is 0.946 bits per heavy atom. The Balaban J connectivity index is 1.60. The molecule has 2 atom stereocenters. The number of ether oxygens (including phenoxy) is 1. The molecule has 10 heteroatoms. The van der Waals surface area contributed by atoms with Crippen LogP contribution in [0.4, 0.5) is 5.69 Å². The molecular formula is C27H25N2O7P. The number of fused-ring (bicyclic) bond motifs is 1. The summed E-state index contributed by atoms with van der Waals surface area (Å²) < 4.78 is 31.1. The number of carbonyl (C=O) groups is 1. The Morgan fingerprint density at radius 3 is 2.35 bits per heavy atom. The number of hydrogen-bond acceptors (Lipinski definition) is 7. The molecule has 4 aromatic rings. The molecule has 1 N–H and O–H groups in total.